The fourth-order valence-electron chi connectivity index (χ4n) is 1.89. The SMILES string of the molecule is Cc1ccc(CCCCCCCCBr)cc1. The average molecular weight is 283 g/mol. The van der Waals surface area contributed by atoms with Crippen molar-refractivity contribution < 1.29 is 0 Å². The van der Waals surface area contributed by atoms with Crippen molar-refractivity contribution in [2.45, 2.75) is 51.9 Å². The van der Waals surface area contributed by atoms with Crippen LogP contribution >= 0.6 is 15.9 Å². The molecule has 0 amide bonds. The summed E-state index contributed by atoms with van der Waals surface area (Å²) in [6.07, 6.45) is 9.50. The van der Waals surface area contributed by atoms with Gasteiger partial charge in [0, 0.05) is 5.33 Å². The van der Waals surface area contributed by atoms with Gasteiger partial charge in [-0.3, -0.25) is 0 Å². The van der Waals surface area contributed by atoms with Crippen molar-refractivity contribution in [2.75, 3.05) is 5.33 Å². The zero-order valence-electron chi connectivity index (χ0n) is 10.3. The Morgan fingerprint density at radius 1 is 0.812 bits per heavy atom. The second-order valence-corrected chi connectivity index (χ2v) is 5.34. The molecule has 1 aromatic rings. The first-order valence-electron chi connectivity index (χ1n) is 6.44. The Kier molecular flexibility index (Phi) is 7.58. The van der Waals surface area contributed by atoms with Crippen LogP contribution < -0.4 is 0 Å². The Labute approximate surface area is 109 Å². The summed E-state index contributed by atoms with van der Waals surface area (Å²) in [6, 6.07) is 8.96. The van der Waals surface area contributed by atoms with Crippen LogP contribution in [0.3, 0.4) is 0 Å². The highest BCUT2D eigenvalue weighted by Crippen LogP contribution is 2.11. The third-order valence-corrected chi connectivity index (χ3v) is 3.53. The highest BCUT2D eigenvalue weighted by Gasteiger charge is 1.94. The molecule has 0 nitrogen and oxygen atoms in total. The van der Waals surface area contributed by atoms with E-state index < -0.39 is 0 Å². The minimum atomic E-state index is 1.16. The van der Waals surface area contributed by atoms with Crippen molar-refractivity contribution in [1.82, 2.24) is 0 Å². The van der Waals surface area contributed by atoms with E-state index in [-0.39, 0.29) is 0 Å². The molecule has 1 rings (SSSR count). The lowest BCUT2D eigenvalue weighted by atomic mass is 10.0. The smallest absolute Gasteiger partial charge is 0.00313 e. The van der Waals surface area contributed by atoms with Crippen LogP contribution in [0.4, 0.5) is 0 Å². The molecule has 0 aromatic heterocycles. The number of alkyl halides is 1. The van der Waals surface area contributed by atoms with Crippen molar-refractivity contribution in [2.24, 2.45) is 0 Å². The van der Waals surface area contributed by atoms with Gasteiger partial charge in [-0.15, -0.1) is 0 Å². The van der Waals surface area contributed by atoms with Crippen molar-refractivity contribution in [3.63, 3.8) is 0 Å². The van der Waals surface area contributed by atoms with Crippen molar-refractivity contribution in [3.8, 4) is 0 Å². The zero-order valence-corrected chi connectivity index (χ0v) is 11.9. The summed E-state index contributed by atoms with van der Waals surface area (Å²) in [5, 5.41) is 1.16. The lowest BCUT2D eigenvalue weighted by molar-refractivity contribution is 0.610. The van der Waals surface area contributed by atoms with Gasteiger partial charge in [0.1, 0.15) is 0 Å². The van der Waals surface area contributed by atoms with Gasteiger partial charge >= 0.3 is 0 Å². The molecule has 0 heterocycles. The molecule has 90 valence electrons. The standard InChI is InChI=1S/C15H23Br/c1-14-9-11-15(12-10-14)8-6-4-2-3-5-7-13-16/h9-12H,2-8,13H2,1H3. The van der Waals surface area contributed by atoms with Gasteiger partial charge in [-0.2, -0.15) is 0 Å². The fraction of sp³-hybridized carbons (Fsp3) is 0.600. The molecule has 1 aromatic carbocycles. The van der Waals surface area contributed by atoms with Crippen LogP contribution in [0.1, 0.15) is 49.7 Å². The number of halogens is 1. The van der Waals surface area contributed by atoms with E-state index in [2.05, 4.69) is 47.1 Å². The van der Waals surface area contributed by atoms with Crippen LogP contribution in [0, 0.1) is 6.92 Å². The van der Waals surface area contributed by atoms with E-state index in [1.165, 1.54) is 56.1 Å². The van der Waals surface area contributed by atoms with Gasteiger partial charge in [-0.25, -0.2) is 0 Å². The van der Waals surface area contributed by atoms with Gasteiger partial charge in [0.2, 0.25) is 0 Å². The molecule has 0 aliphatic carbocycles. The van der Waals surface area contributed by atoms with E-state index in [0.29, 0.717) is 0 Å². The summed E-state index contributed by atoms with van der Waals surface area (Å²) < 4.78 is 0. The Balaban J connectivity index is 2.01. The summed E-state index contributed by atoms with van der Waals surface area (Å²) in [7, 11) is 0. The van der Waals surface area contributed by atoms with E-state index in [4.69, 9.17) is 0 Å². The van der Waals surface area contributed by atoms with Gasteiger partial charge in [0.15, 0.2) is 0 Å². The summed E-state index contributed by atoms with van der Waals surface area (Å²) in [6.45, 7) is 2.15. The first kappa shape index (κ1) is 13.8. The zero-order chi connectivity index (χ0) is 11.6. The molecule has 0 saturated heterocycles. The second kappa shape index (κ2) is 8.81. The second-order valence-electron chi connectivity index (χ2n) is 4.55. The summed E-state index contributed by atoms with van der Waals surface area (Å²) >= 11 is 3.47. The van der Waals surface area contributed by atoms with E-state index in [0.717, 1.165) is 5.33 Å². The predicted octanol–water partition coefficient (Wildman–Crippen LogP) is 5.27. The van der Waals surface area contributed by atoms with Crippen LogP contribution in [0.5, 0.6) is 0 Å². The Hall–Kier alpha value is -0.300. The molecule has 0 aliphatic heterocycles. The maximum absolute atomic E-state index is 3.47. The minimum Gasteiger partial charge on any atom is -0.0928 e. The van der Waals surface area contributed by atoms with Gasteiger partial charge in [0.25, 0.3) is 0 Å². The van der Waals surface area contributed by atoms with Crippen LogP contribution in [0.25, 0.3) is 0 Å². The molecule has 16 heavy (non-hydrogen) atoms. The largest absolute Gasteiger partial charge is 0.0928 e. The molecule has 0 aliphatic rings. The monoisotopic (exact) mass is 282 g/mol. The Morgan fingerprint density at radius 2 is 1.38 bits per heavy atom. The van der Waals surface area contributed by atoms with E-state index in [1.807, 2.05) is 0 Å². The Bertz CT molecular complexity index is 263. The van der Waals surface area contributed by atoms with Crippen molar-refractivity contribution in [1.29, 1.82) is 0 Å². The minimum absolute atomic E-state index is 1.16. The summed E-state index contributed by atoms with van der Waals surface area (Å²) in [5.74, 6) is 0. The molecule has 1 heteroatoms. The quantitative estimate of drug-likeness (QED) is 0.450. The highest BCUT2D eigenvalue weighted by atomic mass is 79.9. The lowest BCUT2D eigenvalue weighted by Crippen LogP contribution is -1.86. The average Bonchev–Trinajstić information content (AvgIpc) is 2.30. The molecule has 0 atom stereocenters. The number of benzene rings is 1. The molecular weight excluding hydrogens is 260 g/mol. The number of unbranched alkanes of at least 4 members (excludes halogenated alkanes) is 5. The predicted molar refractivity (Wildman–Crippen MR) is 76.4 cm³/mol. The van der Waals surface area contributed by atoms with Crippen molar-refractivity contribution in [3.05, 3.63) is 35.4 Å². The maximum Gasteiger partial charge on any atom is 0.00313 e. The van der Waals surface area contributed by atoms with Gasteiger partial charge < -0.3 is 0 Å². The third-order valence-electron chi connectivity index (χ3n) is 2.97. The van der Waals surface area contributed by atoms with Gasteiger partial charge in [-0.05, 0) is 31.7 Å². The van der Waals surface area contributed by atoms with Crippen LogP contribution in [-0.4, -0.2) is 5.33 Å². The Morgan fingerprint density at radius 3 is 2.00 bits per heavy atom. The molecule has 0 fully saturated rings. The molecule has 0 saturated carbocycles. The molecular formula is C15H23Br. The molecule has 0 unspecified atom stereocenters. The molecule has 0 N–H and O–H groups in total. The summed E-state index contributed by atoms with van der Waals surface area (Å²) in [5.41, 5.74) is 2.85. The van der Waals surface area contributed by atoms with Crippen LogP contribution in [0.15, 0.2) is 24.3 Å². The summed E-state index contributed by atoms with van der Waals surface area (Å²) in [4.78, 5) is 0. The molecule has 0 bridgehead atoms. The fourth-order valence-corrected chi connectivity index (χ4v) is 2.28. The van der Waals surface area contributed by atoms with Crippen LogP contribution in [0.2, 0.25) is 0 Å². The van der Waals surface area contributed by atoms with E-state index in [9.17, 15) is 0 Å². The number of rotatable bonds is 8. The topological polar surface area (TPSA) is 0 Å². The van der Waals surface area contributed by atoms with E-state index >= 15 is 0 Å². The number of hydrogen-bond donors (Lipinski definition) is 0. The van der Waals surface area contributed by atoms with E-state index in [1.54, 1.807) is 0 Å². The number of hydrogen-bond acceptors (Lipinski definition) is 0. The maximum atomic E-state index is 3.47. The van der Waals surface area contributed by atoms with Gasteiger partial charge in [0.05, 0.1) is 0 Å². The third kappa shape index (κ3) is 6.32. The lowest BCUT2D eigenvalue weighted by Gasteiger charge is -2.02. The van der Waals surface area contributed by atoms with Crippen LogP contribution in [-0.2, 0) is 6.42 Å². The normalized spacial score (nSPS) is 10.6. The highest BCUT2D eigenvalue weighted by molar-refractivity contribution is 9.09. The van der Waals surface area contributed by atoms with Crippen molar-refractivity contribution >= 4 is 15.9 Å². The van der Waals surface area contributed by atoms with Gasteiger partial charge in [-0.1, -0.05) is 71.4 Å². The first-order valence-corrected chi connectivity index (χ1v) is 7.56. The molecule has 0 spiro atoms. The first-order chi connectivity index (χ1) is 7.83. The molecule has 0 radical (unpaired) electrons. The number of aryl methyl sites for hydroxylation is 2.